The molecule has 15 heavy (non-hydrogen) atoms. The average Bonchev–Trinajstić information content (AvgIpc) is 2.19. The quantitative estimate of drug-likeness (QED) is 0.565. The molecule has 1 amide bonds. The van der Waals surface area contributed by atoms with Crippen molar-refractivity contribution in [1.82, 2.24) is 0 Å². The molecular formula is C11H17NO3. The van der Waals surface area contributed by atoms with E-state index in [0.29, 0.717) is 12.8 Å². The van der Waals surface area contributed by atoms with E-state index in [1.165, 1.54) is 6.08 Å². The van der Waals surface area contributed by atoms with Crippen molar-refractivity contribution >= 4 is 11.9 Å². The van der Waals surface area contributed by atoms with Gasteiger partial charge in [0, 0.05) is 6.08 Å². The van der Waals surface area contributed by atoms with Gasteiger partial charge in [-0.05, 0) is 32.6 Å². The number of carbonyl (C=O) groups excluding carboxylic acids is 2. The maximum Gasteiger partial charge on any atom is 0.331 e. The van der Waals surface area contributed by atoms with Gasteiger partial charge < -0.3 is 10.5 Å². The summed E-state index contributed by atoms with van der Waals surface area (Å²) in [7, 11) is 0. The summed E-state index contributed by atoms with van der Waals surface area (Å²) in [5.41, 5.74) is 4.25. The molecule has 2 N–H and O–H groups in total. The van der Waals surface area contributed by atoms with Crippen LogP contribution in [-0.4, -0.2) is 17.5 Å². The lowest BCUT2D eigenvalue weighted by Crippen LogP contribution is -2.48. The molecule has 0 unspecified atom stereocenters. The summed E-state index contributed by atoms with van der Waals surface area (Å²) in [5.74, 6) is -1.02. The maximum atomic E-state index is 11.3. The van der Waals surface area contributed by atoms with Gasteiger partial charge in [-0.15, -0.1) is 0 Å². The first-order valence-electron chi connectivity index (χ1n) is 5.26. The standard InChI is InChI=1S/C11H17NO3/c1-2-6-9(13)15-11(10(12)14)7-4-3-5-8-11/h2,6H,3-5,7-8H2,1H3,(H2,12,14). The second-order valence-corrected chi connectivity index (χ2v) is 3.84. The van der Waals surface area contributed by atoms with Crippen molar-refractivity contribution in [2.45, 2.75) is 44.6 Å². The average molecular weight is 211 g/mol. The normalized spacial score (nSPS) is 20.1. The molecule has 1 saturated carbocycles. The second-order valence-electron chi connectivity index (χ2n) is 3.84. The van der Waals surface area contributed by atoms with E-state index in [-0.39, 0.29) is 0 Å². The molecule has 4 nitrogen and oxygen atoms in total. The summed E-state index contributed by atoms with van der Waals surface area (Å²) in [6.45, 7) is 1.72. The van der Waals surface area contributed by atoms with Gasteiger partial charge in [0.05, 0.1) is 0 Å². The number of hydrogen-bond acceptors (Lipinski definition) is 3. The first-order chi connectivity index (χ1) is 7.10. The van der Waals surface area contributed by atoms with Gasteiger partial charge in [-0.2, -0.15) is 0 Å². The van der Waals surface area contributed by atoms with E-state index in [1.54, 1.807) is 13.0 Å². The van der Waals surface area contributed by atoms with Gasteiger partial charge in [-0.25, -0.2) is 4.79 Å². The highest BCUT2D eigenvalue weighted by Gasteiger charge is 2.41. The number of rotatable bonds is 3. The molecule has 0 aromatic carbocycles. The van der Waals surface area contributed by atoms with Crippen LogP contribution in [0.2, 0.25) is 0 Å². The Morgan fingerprint density at radius 1 is 1.27 bits per heavy atom. The molecule has 1 fully saturated rings. The van der Waals surface area contributed by atoms with Crippen LogP contribution in [0.25, 0.3) is 0 Å². The van der Waals surface area contributed by atoms with E-state index in [4.69, 9.17) is 10.5 Å². The Kier molecular flexibility index (Phi) is 3.88. The van der Waals surface area contributed by atoms with Gasteiger partial charge in [-0.1, -0.05) is 12.5 Å². The predicted molar refractivity (Wildman–Crippen MR) is 55.9 cm³/mol. The van der Waals surface area contributed by atoms with E-state index in [1.807, 2.05) is 0 Å². The molecule has 4 heteroatoms. The highest BCUT2D eigenvalue weighted by Crippen LogP contribution is 2.31. The van der Waals surface area contributed by atoms with Crippen molar-refractivity contribution in [2.75, 3.05) is 0 Å². The zero-order chi connectivity index (χ0) is 11.3. The van der Waals surface area contributed by atoms with E-state index in [0.717, 1.165) is 19.3 Å². The Balaban J connectivity index is 2.72. The molecule has 0 atom stereocenters. The van der Waals surface area contributed by atoms with Crippen molar-refractivity contribution in [3.63, 3.8) is 0 Å². The van der Waals surface area contributed by atoms with Crippen LogP contribution in [0.5, 0.6) is 0 Å². The molecule has 0 bridgehead atoms. The van der Waals surface area contributed by atoms with E-state index >= 15 is 0 Å². The third kappa shape index (κ3) is 2.81. The summed E-state index contributed by atoms with van der Waals surface area (Å²) in [6, 6.07) is 0. The minimum atomic E-state index is -1.06. The maximum absolute atomic E-state index is 11.3. The lowest BCUT2D eigenvalue weighted by molar-refractivity contribution is -0.166. The van der Waals surface area contributed by atoms with Crippen LogP contribution < -0.4 is 5.73 Å². The molecule has 0 spiro atoms. The molecule has 1 rings (SSSR count). The third-order valence-corrected chi connectivity index (χ3v) is 2.71. The first kappa shape index (κ1) is 11.8. The molecule has 1 aliphatic rings. The fourth-order valence-electron chi connectivity index (χ4n) is 1.88. The highest BCUT2D eigenvalue weighted by molar-refractivity contribution is 5.89. The van der Waals surface area contributed by atoms with Gasteiger partial charge in [0.15, 0.2) is 5.60 Å². The van der Waals surface area contributed by atoms with Crippen LogP contribution in [0.1, 0.15) is 39.0 Å². The molecular weight excluding hydrogens is 194 g/mol. The number of nitrogens with two attached hydrogens (primary N) is 1. The number of esters is 1. The van der Waals surface area contributed by atoms with Crippen molar-refractivity contribution < 1.29 is 14.3 Å². The summed E-state index contributed by atoms with van der Waals surface area (Å²) in [5, 5.41) is 0. The number of hydrogen-bond donors (Lipinski definition) is 1. The predicted octanol–water partition coefficient (Wildman–Crippen LogP) is 1.29. The van der Waals surface area contributed by atoms with Crippen LogP contribution in [0, 0.1) is 0 Å². The van der Waals surface area contributed by atoms with Crippen molar-refractivity contribution in [3.8, 4) is 0 Å². The van der Waals surface area contributed by atoms with Gasteiger partial charge in [0.25, 0.3) is 5.91 Å². The first-order valence-corrected chi connectivity index (χ1v) is 5.26. The van der Waals surface area contributed by atoms with E-state index in [9.17, 15) is 9.59 Å². The van der Waals surface area contributed by atoms with Crippen LogP contribution in [0.4, 0.5) is 0 Å². The number of primary amides is 1. The van der Waals surface area contributed by atoms with Crippen molar-refractivity contribution in [3.05, 3.63) is 12.2 Å². The van der Waals surface area contributed by atoms with E-state index < -0.39 is 17.5 Å². The highest BCUT2D eigenvalue weighted by atomic mass is 16.6. The number of ether oxygens (including phenoxy) is 1. The molecule has 0 heterocycles. The van der Waals surface area contributed by atoms with Gasteiger partial charge in [0.2, 0.25) is 0 Å². The molecule has 0 saturated heterocycles. The molecule has 0 aromatic heterocycles. The lowest BCUT2D eigenvalue weighted by atomic mass is 9.84. The minimum absolute atomic E-state index is 0.488. The summed E-state index contributed by atoms with van der Waals surface area (Å²) in [6.07, 6.45) is 6.81. The van der Waals surface area contributed by atoms with Gasteiger partial charge in [-0.3, -0.25) is 4.79 Å². The smallest absolute Gasteiger partial charge is 0.331 e. The van der Waals surface area contributed by atoms with Crippen LogP contribution in [-0.2, 0) is 14.3 Å². The third-order valence-electron chi connectivity index (χ3n) is 2.71. The number of carbonyl (C=O) groups is 2. The Morgan fingerprint density at radius 2 is 1.87 bits per heavy atom. The minimum Gasteiger partial charge on any atom is -0.446 e. The summed E-state index contributed by atoms with van der Waals surface area (Å²) in [4.78, 5) is 22.6. The SMILES string of the molecule is CC=CC(=O)OC1(C(N)=O)CCCCC1. The Labute approximate surface area is 89.5 Å². The second kappa shape index (κ2) is 4.96. The summed E-state index contributed by atoms with van der Waals surface area (Å²) < 4.78 is 5.18. The largest absolute Gasteiger partial charge is 0.446 e. The van der Waals surface area contributed by atoms with Crippen LogP contribution >= 0.6 is 0 Å². The zero-order valence-electron chi connectivity index (χ0n) is 8.99. The fourth-order valence-corrected chi connectivity index (χ4v) is 1.88. The molecule has 84 valence electrons. The molecule has 0 radical (unpaired) electrons. The van der Waals surface area contributed by atoms with Crippen LogP contribution in [0.3, 0.4) is 0 Å². The van der Waals surface area contributed by atoms with Crippen molar-refractivity contribution in [2.24, 2.45) is 5.73 Å². The fraction of sp³-hybridized carbons (Fsp3) is 0.636. The molecule has 0 aromatic rings. The molecule has 0 aliphatic heterocycles. The topological polar surface area (TPSA) is 69.4 Å². The monoisotopic (exact) mass is 211 g/mol. The number of allylic oxidation sites excluding steroid dienone is 1. The zero-order valence-corrected chi connectivity index (χ0v) is 8.99. The van der Waals surface area contributed by atoms with Gasteiger partial charge >= 0.3 is 5.97 Å². The molecule has 1 aliphatic carbocycles. The van der Waals surface area contributed by atoms with E-state index in [2.05, 4.69) is 0 Å². The lowest BCUT2D eigenvalue weighted by Gasteiger charge is -2.33. The summed E-state index contributed by atoms with van der Waals surface area (Å²) >= 11 is 0. The van der Waals surface area contributed by atoms with Crippen LogP contribution in [0.15, 0.2) is 12.2 Å². The Bertz CT molecular complexity index is 278. The Morgan fingerprint density at radius 3 is 2.33 bits per heavy atom. The number of amides is 1. The Hall–Kier alpha value is -1.32. The van der Waals surface area contributed by atoms with Gasteiger partial charge in [0.1, 0.15) is 0 Å². The van der Waals surface area contributed by atoms with Crippen molar-refractivity contribution in [1.29, 1.82) is 0 Å².